The lowest BCUT2D eigenvalue weighted by atomic mass is 10.2. The fourth-order valence-corrected chi connectivity index (χ4v) is 3.48. The number of carbonyl (C=O) groups excluding carboxylic acids is 1. The SMILES string of the molecule is Cc1cccc(N(CC(=O)[O-])S(=O)(=O)c2ccc(Cl)cc2)c1. The Balaban J connectivity index is 2.53. The molecule has 0 N–H and O–H groups in total. The van der Waals surface area contributed by atoms with E-state index < -0.39 is 22.5 Å². The summed E-state index contributed by atoms with van der Waals surface area (Å²) in [4.78, 5) is 10.9. The maximum Gasteiger partial charge on any atom is 0.264 e. The second-order valence-corrected chi connectivity index (χ2v) is 6.98. The number of hydrogen-bond donors (Lipinski definition) is 0. The summed E-state index contributed by atoms with van der Waals surface area (Å²) < 4.78 is 26.2. The Morgan fingerprint density at radius 3 is 2.36 bits per heavy atom. The van der Waals surface area contributed by atoms with Crippen molar-refractivity contribution in [2.24, 2.45) is 0 Å². The molecule has 116 valence electrons. The van der Waals surface area contributed by atoms with Crippen LogP contribution in [0.1, 0.15) is 5.56 Å². The van der Waals surface area contributed by atoms with Gasteiger partial charge in [-0.3, -0.25) is 4.31 Å². The zero-order valence-electron chi connectivity index (χ0n) is 11.7. The van der Waals surface area contributed by atoms with Gasteiger partial charge in [0.2, 0.25) is 0 Å². The van der Waals surface area contributed by atoms with E-state index in [4.69, 9.17) is 11.6 Å². The summed E-state index contributed by atoms with van der Waals surface area (Å²) >= 11 is 5.75. The molecule has 2 aromatic carbocycles. The third-order valence-electron chi connectivity index (χ3n) is 2.96. The van der Waals surface area contributed by atoms with Crippen LogP contribution in [0.5, 0.6) is 0 Å². The number of nitrogens with zero attached hydrogens (tertiary/aromatic N) is 1. The van der Waals surface area contributed by atoms with Crippen LogP contribution in [0.3, 0.4) is 0 Å². The van der Waals surface area contributed by atoms with Crippen LogP contribution in [0, 0.1) is 6.92 Å². The Labute approximate surface area is 133 Å². The number of rotatable bonds is 5. The second kappa shape index (κ2) is 6.37. The topological polar surface area (TPSA) is 77.5 Å². The number of halogens is 1. The maximum absolute atomic E-state index is 12.7. The van der Waals surface area contributed by atoms with Crippen LogP contribution < -0.4 is 9.41 Å². The van der Waals surface area contributed by atoms with Gasteiger partial charge in [0.1, 0.15) is 0 Å². The van der Waals surface area contributed by atoms with Gasteiger partial charge < -0.3 is 9.90 Å². The summed E-state index contributed by atoms with van der Waals surface area (Å²) in [5, 5.41) is 11.4. The molecule has 0 fully saturated rings. The molecule has 0 aromatic heterocycles. The third kappa shape index (κ3) is 3.58. The molecule has 0 saturated carbocycles. The van der Waals surface area contributed by atoms with Crippen molar-refractivity contribution >= 4 is 33.3 Å². The first-order valence-corrected chi connectivity index (χ1v) is 8.17. The first kappa shape index (κ1) is 16.3. The molecular formula is C15H13ClNO4S-. The average Bonchev–Trinajstić information content (AvgIpc) is 2.45. The van der Waals surface area contributed by atoms with Crippen molar-refractivity contribution in [1.82, 2.24) is 0 Å². The van der Waals surface area contributed by atoms with Gasteiger partial charge in [0.05, 0.1) is 23.1 Å². The van der Waals surface area contributed by atoms with E-state index in [1.54, 1.807) is 25.1 Å². The van der Waals surface area contributed by atoms with Gasteiger partial charge in [-0.1, -0.05) is 23.7 Å². The highest BCUT2D eigenvalue weighted by Crippen LogP contribution is 2.25. The van der Waals surface area contributed by atoms with E-state index in [-0.39, 0.29) is 10.6 Å². The molecule has 0 saturated heterocycles. The molecule has 0 amide bonds. The number of benzene rings is 2. The van der Waals surface area contributed by atoms with Gasteiger partial charge in [-0.05, 0) is 48.9 Å². The zero-order chi connectivity index (χ0) is 16.3. The van der Waals surface area contributed by atoms with E-state index in [0.29, 0.717) is 5.02 Å². The first-order chi connectivity index (χ1) is 10.3. The van der Waals surface area contributed by atoms with Crippen molar-refractivity contribution in [1.29, 1.82) is 0 Å². The summed E-state index contributed by atoms with van der Waals surface area (Å²) in [6, 6.07) is 12.1. The molecule has 2 rings (SSSR count). The molecule has 0 bridgehead atoms. The lowest BCUT2D eigenvalue weighted by Gasteiger charge is -2.25. The number of carboxylic acid groups (broad SMARTS) is 1. The van der Waals surface area contributed by atoms with Gasteiger partial charge in [0, 0.05) is 5.02 Å². The van der Waals surface area contributed by atoms with E-state index >= 15 is 0 Å². The van der Waals surface area contributed by atoms with Gasteiger partial charge in [0.15, 0.2) is 0 Å². The number of sulfonamides is 1. The highest BCUT2D eigenvalue weighted by molar-refractivity contribution is 7.92. The standard InChI is InChI=1S/C15H14ClNO4S/c1-11-3-2-4-13(9-11)17(10-15(18)19)22(20,21)14-7-5-12(16)6-8-14/h2-9H,10H2,1H3,(H,18,19)/p-1. The first-order valence-electron chi connectivity index (χ1n) is 6.35. The lowest BCUT2D eigenvalue weighted by molar-refractivity contribution is -0.303. The van der Waals surface area contributed by atoms with Gasteiger partial charge in [-0.2, -0.15) is 0 Å². The highest BCUT2D eigenvalue weighted by Gasteiger charge is 2.25. The van der Waals surface area contributed by atoms with Gasteiger partial charge in [-0.25, -0.2) is 8.42 Å². The molecule has 2 aromatic rings. The second-order valence-electron chi connectivity index (χ2n) is 4.68. The molecule has 0 spiro atoms. The zero-order valence-corrected chi connectivity index (χ0v) is 13.3. The van der Waals surface area contributed by atoms with E-state index in [2.05, 4.69) is 0 Å². The maximum atomic E-state index is 12.7. The van der Waals surface area contributed by atoms with Crippen LogP contribution >= 0.6 is 11.6 Å². The van der Waals surface area contributed by atoms with Gasteiger partial charge >= 0.3 is 0 Å². The molecular weight excluding hydrogens is 326 g/mol. The van der Waals surface area contributed by atoms with Crippen LogP contribution in [0.15, 0.2) is 53.4 Å². The Kier molecular flexibility index (Phi) is 4.73. The van der Waals surface area contributed by atoms with Crippen LogP contribution in [-0.2, 0) is 14.8 Å². The minimum atomic E-state index is -4.03. The fraction of sp³-hybridized carbons (Fsp3) is 0.133. The van der Waals surface area contributed by atoms with Crippen molar-refractivity contribution in [2.45, 2.75) is 11.8 Å². The van der Waals surface area contributed by atoms with Crippen LogP contribution in [0.4, 0.5) is 5.69 Å². The number of anilines is 1. The quantitative estimate of drug-likeness (QED) is 0.829. The predicted octanol–water partition coefficient (Wildman–Crippen LogP) is 1.59. The minimum Gasteiger partial charge on any atom is -0.548 e. The molecule has 0 atom stereocenters. The Morgan fingerprint density at radius 1 is 1.18 bits per heavy atom. The average molecular weight is 339 g/mol. The fourth-order valence-electron chi connectivity index (χ4n) is 1.95. The number of carboxylic acids is 1. The normalized spacial score (nSPS) is 11.2. The highest BCUT2D eigenvalue weighted by atomic mass is 35.5. The van der Waals surface area contributed by atoms with Crippen LogP contribution in [0.2, 0.25) is 5.02 Å². The van der Waals surface area contributed by atoms with E-state index in [1.807, 2.05) is 0 Å². The number of carbonyl (C=O) groups is 1. The molecule has 0 aliphatic carbocycles. The van der Waals surface area contributed by atoms with Gasteiger partial charge in [0.25, 0.3) is 10.0 Å². The van der Waals surface area contributed by atoms with Crippen molar-refractivity contribution in [2.75, 3.05) is 10.8 Å². The third-order valence-corrected chi connectivity index (χ3v) is 5.00. The molecule has 7 heteroatoms. The monoisotopic (exact) mass is 338 g/mol. The predicted molar refractivity (Wildman–Crippen MR) is 82.2 cm³/mol. The molecule has 0 aliphatic heterocycles. The van der Waals surface area contributed by atoms with Crippen LogP contribution in [0.25, 0.3) is 0 Å². The van der Waals surface area contributed by atoms with Crippen molar-refractivity contribution in [3.8, 4) is 0 Å². The molecule has 0 heterocycles. The van der Waals surface area contributed by atoms with E-state index in [1.165, 1.54) is 30.3 Å². The Bertz CT molecular complexity index is 787. The smallest absolute Gasteiger partial charge is 0.264 e. The molecule has 0 radical (unpaired) electrons. The largest absolute Gasteiger partial charge is 0.548 e. The van der Waals surface area contributed by atoms with Crippen LogP contribution in [-0.4, -0.2) is 20.9 Å². The summed E-state index contributed by atoms with van der Waals surface area (Å²) in [5.74, 6) is -1.49. The molecule has 0 aliphatic rings. The number of aliphatic carboxylic acids is 1. The Hall–Kier alpha value is -2.05. The van der Waals surface area contributed by atoms with Gasteiger partial charge in [-0.15, -0.1) is 0 Å². The molecule has 0 unspecified atom stereocenters. The number of hydrogen-bond acceptors (Lipinski definition) is 4. The lowest BCUT2D eigenvalue weighted by Crippen LogP contribution is -2.41. The summed E-state index contributed by atoms with van der Waals surface area (Å²) in [6.07, 6.45) is 0. The summed E-state index contributed by atoms with van der Waals surface area (Å²) in [7, 11) is -4.03. The van der Waals surface area contributed by atoms with Crippen molar-refractivity contribution in [3.05, 3.63) is 59.1 Å². The molecule has 5 nitrogen and oxygen atoms in total. The summed E-state index contributed by atoms with van der Waals surface area (Å²) in [6.45, 7) is 1.02. The van der Waals surface area contributed by atoms with E-state index in [0.717, 1.165) is 9.87 Å². The number of aryl methyl sites for hydroxylation is 1. The van der Waals surface area contributed by atoms with Crippen molar-refractivity contribution in [3.63, 3.8) is 0 Å². The van der Waals surface area contributed by atoms with E-state index in [9.17, 15) is 18.3 Å². The van der Waals surface area contributed by atoms with Crippen molar-refractivity contribution < 1.29 is 18.3 Å². The Morgan fingerprint density at radius 2 is 1.82 bits per heavy atom. The summed E-state index contributed by atoms with van der Waals surface area (Å²) in [5.41, 5.74) is 1.08. The minimum absolute atomic E-state index is 0.0420. The molecule has 22 heavy (non-hydrogen) atoms.